The standard InChI is InChI=1S/C14H18O4/c1-3-5-6-11(4-2)9-18-14-10-17-12(8-15)7-13(14)16/h3-4,7,10,15H,1,5-6,8-9H2,2H3/b11-4+. The molecule has 0 radical (unpaired) electrons. The summed E-state index contributed by atoms with van der Waals surface area (Å²) in [5.41, 5.74) is 0.810. The molecular weight excluding hydrogens is 232 g/mol. The molecule has 18 heavy (non-hydrogen) atoms. The van der Waals surface area contributed by atoms with Gasteiger partial charge < -0.3 is 14.3 Å². The van der Waals surface area contributed by atoms with Crippen molar-refractivity contribution < 1.29 is 14.3 Å². The summed E-state index contributed by atoms with van der Waals surface area (Å²) in [6.07, 6.45) is 6.77. The molecule has 0 saturated heterocycles. The summed E-state index contributed by atoms with van der Waals surface area (Å²) < 4.78 is 10.4. The smallest absolute Gasteiger partial charge is 0.227 e. The number of allylic oxidation sites excluding steroid dienone is 2. The Morgan fingerprint density at radius 3 is 2.94 bits per heavy atom. The minimum Gasteiger partial charge on any atom is -0.482 e. The molecule has 1 N–H and O–H groups in total. The third-order valence-corrected chi connectivity index (χ3v) is 2.50. The van der Waals surface area contributed by atoms with Crippen LogP contribution in [-0.2, 0) is 6.61 Å². The van der Waals surface area contributed by atoms with Crippen molar-refractivity contribution >= 4 is 0 Å². The van der Waals surface area contributed by atoms with E-state index in [4.69, 9.17) is 14.3 Å². The van der Waals surface area contributed by atoms with Crippen molar-refractivity contribution in [2.24, 2.45) is 0 Å². The van der Waals surface area contributed by atoms with E-state index in [-0.39, 0.29) is 23.5 Å². The lowest BCUT2D eigenvalue weighted by Gasteiger charge is -2.08. The third-order valence-electron chi connectivity index (χ3n) is 2.50. The summed E-state index contributed by atoms with van der Waals surface area (Å²) in [4.78, 5) is 11.6. The van der Waals surface area contributed by atoms with Crippen LogP contribution in [0.4, 0.5) is 0 Å². The summed E-state index contributed by atoms with van der Waals surface area (Å²) in [7, 11) is 0. The van der Waals surface area contributed by atoms with Crippen molar-refractivity contribution in [3.8, 4) is 5.75 Å². The normalized spacial score (nSPS) is 11.3. The van der Waals surface area contributed by atoms with E-state index in [1.807, 2.05) is 19.1 Å². The third kappa shape index (κ3) is 4.22. The van der Waals surface area contributed by atoms with Gasteiger partial charge in [0.25, 0.3) is 0 Å². The zero-order valence-corrected chi connectivity index (χ0v) is 10.5. The van der Waals surface area contributed by atoms with E-state index in [1.54, 1.807) is 0 Å². The van der Waals surface area contributed by atoms with E-state index in [0.717, 1.165) is 18.4 Å². The first kappa shape index (κ1) is 14.3. The van der Waals surface area contributed by atoms with Gasteiger partial charge >= 0.3 is 0 Å². The SMILES string of the molecule is C=CCC/C(=C\C)COc1coc(CO)cc1=O. The molecule has 0 aliphatic rings. The molecule has 4 heteroatoms. The average Bonchev–Trinajstić information content (AvgIpc) is 2.40. The number of rotatable bonds is 7. The molecule has 98 valence electrons. The van der Waals surface area contributed by atoms with Gasteiger partial charge in [-0.2, -0.15) is 0 Å². The molecule has 1 aromatic heterocycles. The molecule has 0 unspecified atom stereocenters. The molecule has 4 nitrogen and oxygen atoms in total. The second-order valence-electron chi connectivity index (χ2n) is 3.80. The van der Waals surface area contributed by atoms with Crippen LogP contribution in [0.1, 0.15) is 25.5 Å². The van der Waals surface area contributed by atoms with Crippen LogP contribution in [0.5, 0.6) is 5.75 Å². The quantitative estimate of drug-likeness (QED) is 0.755. The molecular formula is C14H18O4. The zero-order chi connectivity index (χ0) is 13.4. The minimum absolute atomic E-state index is 0.158. The number of hydrogen-bond donors (Lipinski definition) is 1. The van der Waals surface area contributed by atoms with Crippen molar-refractivity contribution in [1.82, 2.24) is 0 Å². The maximum atomic E-state index is 11.6. The van der Waals surface area contributed by atoms with Gasteiger partial charge in [0.2, 0.25) is 11.2 Å². The first-order valence-electron chi connectivity index (χ1n) is 5.81. The fourth-order valence-electron chi connectivity index (χ4n) is 1.38. The number of aliphatic hydroxyl groups is 1. The van der Waals surface area contributed by atoms with Crippen LogP contribution in [0.15, 0.2) is 45.8 Å². The maximum absolute atomic E-state index is 11.6. The maximum Gasteiger partial charge on any atom is 0.227 e. The van der Waals surface area contributed by atoms with Gasteiger partial charge in [-0.1, -0.05) is 12.2 Å². The van der Waals surface area contributed by atoms with Crippen molar-refractivity contribution in [3.63, 3.8) is 0 Å². The van der Waals surface area contributed by atoms with Gasteiger partial charge in [-0.05, 0) is 25.3 Å². The molecule has 0 saturated carbocycles. The van der Waals surface area contributed by atoms with Crippen molar-refractivity contribution in [1.29, 1.82) is 0 Å². The van der Waals surface area contributed by atoms with Crippen molar-refractivity contribution in [2.75, 3.05) is 6.61 Å². The lowest BCUT2D eigenvalue weighted by molar-refractivity contribution is 0.239. The minimum atomic E-state index is -0.297. The first-order chi connectivity index (χ1) is 8.71. The van der Waals surface area contributed by atoms with Crippen LogP contribution in [0, 0.1) is 0 Å². The van der Waals surface area contributed by atoms with E-state index in [2.05, 4.69) is 6.58 Å². The highest BCUT2D eigenvalue weighted by Gasteiger charge is 2.05. The lowest BCUT2D eigenvalue weighted by atomic mass is 10.1. The molecule has 1 aromatic rings. The van der Waals surface area contributed by atoms with Crippen LogP contribution < -0.4 is 10.2 Å². The summed E-state index contributed by atoms with van der Waals surface area (Å²) in [6.45, 7) is 5.65. The van der Waals surface area contributed by atoms with E-state index < -0.39 is 0 Å². The Morgan fingerprint density at radius 1 is 1.61 bits per heavy atom. The van der Waals surface area contributed by atoms with E-state index in [1.165, 1.54) is 12.3 Å². The van der Waals surface area contributed by atoms with Crippen LogP contribution in [-0.4, -0.2) is 11.7 Å². The fourth-order valence-corrected chi connectivity index (χ4v) is 1.38. The van der Waals surface area contributed by atoms with Crippen LogP contribution in [0.2, 0.25) is 0 Å². The number of aliphatic hydroxyl groups excluding tert-OH is 1. The predicted molar refractivity (Wildman–Crippen MR) is 69.6 cm³/mol. The Hall–Kier alpha value is -1.81. The van der Waals surface area contributed by atoms with Crippen LogP contribution >= 0.6 is 0 Å². The van der Waals surface area contributed by atoms with Gasteiger partial charge in [-0.15, -0.1) is 6.58 Å². The Morgan fingerprint density at radius 2 is 2.39 bits per heavy atom. The van der Waals surface area contributed by atoms with E-state index >= 15 is 0 Å². The second-order valence-corrected chi connectivity index (χ2v) is 3.80. The molecule has 0 bridgehead atoms. The van der Waals surface area contributed by atoms with E-state index in [9.17, 15) is 4.79 Å². The van der Waals surface area contributed by atoms with Gasteiger partial charge in [0.05, 0.1) is 0 Å². The monoisotopic (exact) mass is 250 g/mol. The molecule has 0 amide bonds. The van der Waals surface area contributed by atoms with Gasteiger partial charge in [0.1, 0.15) is 25.2 Å². The van der Waals surface area contributed by atoms with Gasteiger partial charge in [0, 0.05) is 6.07 Å². The van der Waals surface area contributed by atoms with Gasteiger partial charge in [0.15, 0.2) is 0 Å². The summed E-state index contributed by atoms with van der Waals surface area (Å²) in [5.74, 6) is 0.385. The van der Waals surface area contributed by atoms with Gasteiger partial charge in [-0.3, -0.25) is 4.79 Å². The highest BCUT2D eigenvalue weighted by atomic mass is 16.5. The summed E-state index contributed by atoms with van der Waals surface area (Å²) in [6, 6.07) is 1.23. The summed E-state index contributed by atoms with van der Waals surface area (Å²) >= 11 is 0. The van der Waals surface area contributed by atoms with Gasteiger partial charge in [-0.25, -0.2) is 0 Å². The molecule has 0 atom stereocenters. The van der Waals surface area contributed by atoms with Crippen LogP contribution in [0.25, 0.3) is 0 Å². The molecule has 0 aliphatic carbocycles. The fraction of sp³-hybridized carbons (Fsp3) is 0.357. The van der Waals surface area contributed by atoms with Crippen LogP contribution in [0.3, 0.4) is 0 Å². The highest BCUT2D eigenvalue weighted by molar-refractivity contribution is 5.18. The second kappa shape index (κ2) is 7.50. The van der Waals surface area contributed by atoms with E-state index in [0.29, 0.717) is 6.61 Å². The Bertz CT molecular complexity index is 471. The average molecular weight is 250 g/mol. The highest BCUT2D eigenvalue weighted by Crippen LogP contribution is 2.10. The van der Waals surface area contributed by atoms with Crippen molar-refractivity contribution in [3.05, 3.63) is 52.6 Å². The molecule has 1 rings (SSSR count). The lowest BCUT2D eigenvalue weighted by Crippen LogP contribution is -2.10. The number of ether oxygens (including phenoxy) is 1. The zero-order valence-electron chi connectivity index (χ0n) is 10.5. The molecule has 0 spiro atoms. The number of hydrogen-bond acceptors (Lipinski definition) is 4. The molecule has 1 heterocycles. The Labute approximate surface area is 106 Å². The molecule has 0 fully saturated rings. The predicted octanol–water partition coefficient (Wildman–Crippen LogP) is 2.42. The largest absolute Gasteiger partial charge is 0.482 e. The topological polar surface area (TPSA) is 59.7 Å². The Balaban J connectivity index is 2.62. The Kier molecular flexibility index (Phi) is 5.94. The molecule has 0 aliphatic heterocycles. The summed E-state index contributed by atoms with van der Waals surface area (Å²) in [5, 5.41) is 8.81. The first-order valence-corrected chi connectivity index (χ1v) is 5.81. The van der Waals surface area contributed by atoms with Crippen molar-refractivity contribution in [2.45, 2.75) is 26.4 Å². The molecule has 0 aromatic carbocycles.